The van der Waals surface area contributed by atoms with E-state index in [0.717, 1.165) is 70.1 Å². The maximum Gasteiger partial charge on any atom is 0.221 e. The molecule has 0 aliphatic heterocycles. The highest BCUT2D eigenvalue weighted by atomic mass is 32.1. The lowest BCUT2D eigenvalue weighted by molar-refractivity contribution is 0.392. The maximum atomic E-state index is 4.98. The molecular weight excluding hydrogens is 1850 g/mol. The molecule has 0 saturated carbocycles. The summed E-state index contributed by atoms with van der Waals surface area (Å²) in [5, 5.41) is 42.9. The smallest absolute Gasteiger partial charge is 0.221 e. The normalized spacial score (nSPS) is 7.89. The minimum atomic E-state index is -0.0174. The fourth-order valence-corrected chi connectivity index (χ4v) is 4.97. The van der Waals surface area contributed by atoms with Crippen molar-refractivity contribution in [3.8, 4) is 0 Å². The number of furan rings is 1. The van der Waals surface area contributed by atoms with E-state index in [9.17, 15) is 0 Å². The molecule has 13 heterocycles. The molecule has 13 rings (SSSR count). The average molecular weight is 2100 g/mol. The van der Waals surface area contributed by atoms with E-state index in [0.29, 0.717) is 5.89 Å². The Hall–Kier alpha value is -8.66. The molecule has 0 atom stereocenters. The predicted molar refractivity (Wildman–Crippen MR) is 654 cm³/mol. The molecule has 0 aromatic carbocycles. The van der Waals surface area contributed by atoms with Gasteiger partial charge in [-0.25, -0.2) is 24.3 Å². The molecule has 4 N–H and O–H groups in total. The van der Waals surface area contributed by atoms with Crippen LogP contribution in [0.5, 0.6) is 0 Å². The number of thiazole rings is 1. The summed E-state index contributed by atoms with van der Waals surface area (Å²) in [5.74, 6) is 9.85. The summed E-state index contributed by atoms with van der Waals surface area (Å²) in [6.45, 7) is 136. The standard InChI is InChI=1S/C6H10N2O.C6H10N2S.C4H5N.C4H4O.C4H4S.11C4H10.2C3H4N2.2C3H3NO.2C3H3NS.C2H3N3.C2H2N2O.13C2H6/c2*1-6(2,3)5-8-7-4-9-5;3*1-2-4-5-3-1;11*1-4(2)3;1-2-5-3-4-1;1-2-4-5-3-1;1-2-5-3-4-1;1-2-4-5-3-1;1-2-5-3-4-1;1-2-4-5-3-1;2*1-3-2-5-4-1;13*1-2/h2*4H,1-3H3;1-5H;2*1-4H;11*4H,1-3H3;2*1-3H,(H,4,5);4*1-3H;1-2H,(H,3,4,5);1-2H;13*1-2H3. The molecule has 0 bridgehead atoms. The van der Waals surface area contributed by atoms with Crippen molar-refractivity contribution in [2.24, 2.45) is 65.1 Å². The number of H-pyrrole nitrogens is 4. The van der Waals surface area contributed by atoms with E-state index in [-0.39, 0.29) is 10.8 Å². The van der Waals surface area contributed by atoms with E-state index in [2.05, 4.69) is 357 Å². The number of aromatic amines is 4. The number of oxazole rings is 1. The number of hydrogen-bond donors (Lipinski definition) is 4. The van der Waals surface area contributed by atoms with Gasteiger partial charge in [0.25, 0.3) is 0 Å². The molecule has 854 valence electrons. The third-order valence-electron chi connectivity index (χ3n) is 6.16. The number of nitrogens with one attached hydrogen (secondary N) is 4. The van der Waals surface area contributed by atoms with Crippen molar-refractivity contribution in [3.05, 3.63) is 230 Å². The monoisotopic (exact) mass is 2100 g/mol. The van der Waals surface area contributed by atoms with Crippen LogP contribution in [0.15, 0.2) is 241 Å². The van der Waals surface area contributed by atoms with Gasteiger partial charge in [-0.2, -0.15) is 21.5 Å². The Morgan fingerprint density at radius 3 is 0.804 bits per heavy atom. The molecule has 0 aliphatic rings. The van der Waals surface area contributed by atoms with Crippen LogP contribution in [0.4, 0.5) is 0 Å². The minimum absolute atomic E-state index is 0.0174. The Labute approximate surface area is 907 Å². The van der Waals surface area contributed by atoms with Crippen molar-refractivity contribution in [2.75, 3.05) is 0 Å². The minimum Gasteiger partial charge on any atom is -0.473 e. The van der Waals surface area contributed by atoms with Crippen LogP contribution in [0, 0.1) is 65.1 Å². The molecule has 0 radical (unpaired) electrons. The fourth-order valence-electron chi connectivity index (χ4n) is 3.17. The van der Waals surface area contributed by atoms with Crippen LogP contribution in [0.1, 0.15) is 461 Å². The second-order valence-corrected chi connectivity index (χ2v) is 36.1. The molecule has 0 spiro atoms. The summed E-state index contributed by atoms with van der Waals surface area (Å²) in [6.07, 6.45) is 33.6. The molecule has 27 heteroatoms. The van der Waals surface area contributed by atoms with Crippen LogP contribution in [0.25, 0.3) is 0 Å². The molecule has 0 aliphatic carbocycles. The lowest BCUT2D eigenvalue weighted by Crippen LogP contribution is -2.11. The SMILES string of the molecule is CC.CC.CC.CC.CC.CC.CC.CC.CC.CC.CC.CC.CC.CC(C)(C)c1nnco1.CC(C)(C)c1nncs1.CC(C)C.CC(C)C.CC(C)C.CC(C)C.CC(C)C.CC(C)C.CC(C)C.CC(C)C.CC(C)C.CC(C)C.CC(C)C.c1c[nH]cn1.c1cc[nH]c1.c1ccoc1.c1ccsc1.c1cn[nH]c1.c1cnoc1.c1cnsc1.c1cocn1.c1cscn1.c1nc[nH]n1.c1ncon1. The van der Waals surface area contributed by atoms with Crippen LogP contribution in [0.2, 0.25) is 0 Å². The summed E-state index contributed by atoms with van der Waals surface area (Å²) in [7, 11) is 0. The number of hydrogen-bond acceptors (Lipinski definition) is 23. The largest absolute Gasteiger partial charge is 0.473 e. The summed E-state index contributed by atoms with van der Waals surface area (Å²) in [6, 6.07) is 17.1. The van der Waals surface area contributed by atoms with Gasteiger partial charge in [-0.05, 0) is 130 Å². The van der Waals surface area contributed by atoms with Gasteiger partial charge in [0, 0.05) is 71.2 Å². The van der Waals surface area contributed by atoms with Gasteiger partial charge in [0.1, 0.15) is 35.7 Å². The van der Waals surface area contributed by atoms with Gasteiger partial charge in [0.2, 0.25) is 18.7 Å². The molecule has 0 fully saturated rings. The van der Waals surface area contributed by atoms with Crippen molar-refractivity contribution >= 4 is 45.5 Å². The first-order valence-electron chi connectivity index (χ1n) is 53.0. The third-order valence-corrected chi connectivity index (χ3v) is 8.95. The highest BCUT2D eigenvalue weighted by Crippen LogP contribution is 2.22. The number of imidazole rings is 1. The van der Waals surface area contributed by atoms with E-state index in [1.165, 1.54) is 62.2 Å². The summed E-state index contributed by atoms with van der Waals surface area (Å²) in [5.41, 5.74) is 3.71. The van der Waals surface area contributed by atoms with E-state index in [1.807, 2.05) is 283 Å². The molecule has 0 amide bonds. The zero-order valence-electron chi connectivity index (χ0n) is 106. The van der Waals surface area contributed by atoms with E-state index >= 15 is 0 Å². The van der Waals surface area contributed by atoms with Gasteiger partial charge in [-0.15, -0.1) is 43.1 Å². The van der Waals surface area contributed by atoms with E-state index < -0.39 is 0 Å². The van der Waals surface area contributed by atoms with Crippen LogP contribution in [-0.4, -0.2) is 90.4 Å². The number of thiophene rings is 1. The topological polar surface area (TPSA) is 309 Å². The zero-order valence-corrected chi connectivity index (χ0v) is 109. The zero-order chi connectivity index (χ0) is 118. The Morgan fingerprint density at radius 2 is 0.699 bits per heavy atom. The van der Waals surface area contributed by atoms with Gasteiger partial charge in [0.05, 0.1) is 36.8 Å². The second-order valence-electron chi connectivity index (χ2n) is 33.0. The first kappa shape index (κ1) is 196. The number of nitrogens with zero attached hydrogens (tertiary/aromatic N) is 14. The lowest BCUT2D eigenvalue weighted by Gasteiger charge is -2.11. The Kier molecular flexibility index (Phi) is 289. The highest BCUT2D eigenvalue weighted by Gasteiger charge is 2.19. The first-order chi connectivity index (χ1) is 67.8. The Bertz CT molecular complexity index is 2360. The van der Waals surface area contributed by atoms with Crippen molar-refractivity contribution in [1.29, 1.82) is 0 Å². The van der Waals surface area contributed by atoms with E-state index in [4.69, 9.17) is 4.42 Å². The van der Waals surface area contributed by atoms with Crippen LogP contribution >= 0.6 is 45.5 Å². The molecule has 0 saturated heterocycles. The summed E-state index contributed by atoms with van der Waals surface area (Å²) >= 11 is 6.39. The molecule has 0 unspecified atom stereocenters. The average Bonchev–Trinajstić information content (AvgIpc) is 1.78. The quantitative estimate of drug-likeness (QED) is 0.110. The van der Waals surface area contributed by atoms with Gasteiger partial charge in [0.15, 0.2) is 12.7 Å². The second kappa shape index (κ2) is 210. The predicted octanol–water partition coefficient (Wildman–Crippen LogP) is 43.2. The molecule has 23 nitrogen and oxygen atoms in total. The van der Waals surface area contributed by atoms with Crippen LogP contribution < -0.4 is 0 Å². The van der Waals surface area contributed by atoms with Gasteiger partial charge in [-0.3, -0.25) is 15.2 Å². The van der Waals surface area contributed by atoms with Crippen LogP contribution in [-0.2, 0) is 10.8 Å². The maximum absolute atomic E-state index is 4.98. The summed E-state index contributed by atoms with van der Waals surface area (Å²) in [4.78, 5) is 23.6. The number of aromatic nitrogens is 18. The van der Waals surface area contributed by atoms with Crippen molar-refractivity contribution in [2.45, 2.75) is 461 Å². The van der Waals surface area contributed by atoms with Gasteiger partial charge in [-0.1, -0.05) is 472 Å². The molecule has 143 heavy (non-hydrogen) atoms. The Morgan fingerprint density at radius 1 is 0.273 bits per heavy atom. The highest BCUT2D eigenvalue weighted by molar-refractivity contribution is 7.09. The van der Waals surface area contributed by atoms with Crippen molar-refractivity contribution in [3.63, 3.8) is 0 Å². The van der Waals surface area contributed by atoms with Crippen LogP contribution in [0.3, 0.4) is 0 Å². The summed E-state index contributed by atoms with van der Waals surface area (Å²) < 4.78 is 26.4. The van der Waals surface area contributed by atoms with Gasteiger partial charge >= 0.3 is 0 Å². The van der Waals surface area contributed by atoms with Crippen molar-refractivity contribution in [1.82, 2.24) is 90.4 Å². The van der Waals surface area contributed by atoms with E-state index in [1.54, 1.807) is 120 Å². The van der Waals surface area contributed by atoms with Gasteiger partial charge < -0.3 is 32.3 Å². The fraction of sp³-hybridized carbons (Fsp3) is 0.672. The lowest BCUT2D eigenvalue weighted by atomic mass is 9.97. The molecule has 13 aromatic rings. The molecular formula is C116H246N18O5S4. The third kappa shape index (κ3) is 440. The Balaban J connectivity index is -0.0000000467. The molecule has 13 aromatic heterocycles. The first-order valence-corrected chi connectivity index (χ1v) is 56.6. The van der Waals surface area contributed by atoms with Crippen molar-refractivity contribution < 1.29 is 22.3 Å². The number of rotatable bonds is 0.